The zero-order valence-corrected chi connectivity index (χ0v) is 12.8. The van der Waals surface area contributed by atoms with Crippen LogP contribution in [0.3, 0.4) is 0 Å². The Morgan fingerprint density at radius 1 is 1.40 bits per heavy atom. The molecule has 0 spiro atoms. The van der Waals surface area contributed by atoms with Gasteiger partial charge in [0.2, 0.25) is 5.91 Å². The summed E-state index contributed by atoms with van der Waals surface area (Å²) in [5, 5.41) is 12.5. The summed E-state index contributed by atoms with van der Waals surface area (Å²) < 4.78 is 1.90. The van der Waals surface area contributed by atoms with Crippen LogP contribution >= 0.6 is 23.4 Å². The van der Waals surface area contributed by atoms with Gasteiger partial charge >= 0.3 is 0 Å². The second-order valence-electron chi connectivity index (χ2n) is 4.18. The van der Waals surface area contributed by atoms with Gasteiger partial charge < -0.3 is 9.88 Å². The number of thioether (sulfide) groups is 1. The maximum absolute atomic E-state index is 10.8. The minimum Gasteiger partial charge on any atom is -0.356 e. The molecule has 0 radical (unpaired) electrons. The third-order valence-corrected chi connectivity index (χ3v) is 4.01. The van der Waals surface area contributed by atoms with E-state index in [1.54, 1.807) is 11.8 Å². The number of halogens is 1. The highest BCUT2D eigenvalue weighted by atomic mass is 35.5. The van der Waals surface area contributed by atoms with Crippen molar-refractivity contribution in [2.24, 2.45) is 7.05 Å². The lowest BCUT2D eigenvalue weighted by atomic mass is 10.2. The second kappa shape index (κ2) is 6.76. The monoisotopic (exact) mass is 310 g/mol. The van der Waals surface area contributed by atoms with Crippen LogP contribution in [0.2, 0.25) is 5.02 Å². The SMILES string of the molecule is CC(=O)NCCSc1nnc(-c2ccccc2Cl)n1C. The van der Waals surface area contributed by atoms with Gasteiger partial charge in [-0.3, -0.25) is 4.79 Å². The summed E-state index contributed by atoms with van der Waals surface area (Å²) in [6.45, 7) is 2.11. The van der Waals surface area contributed by atoms with Crippen molar-refractivity contribution in [3.05, 3.63) is 29.3 Å². The largest absolute Gasteiger partial charge is 0.356 e. The van der Waals surface area contributed by atoms with E-state index in [2.05, 4.69) is 15.5 Å². The number of carbonyl (C=O) groups excluding carboxylic acids is 1. The molecule has 0 atom stereocenters. The molecule has 0 aliphatic rings. The molecule has 0 bridgehead atoms. The van der Waals surface area contributed by atoms with Gasteiger partial charge in [-0.2, -0.15) is 0 Å². The van der Waals surface area contributed by atoms with Gasteiger partial charge in [0.15, 0.2) is 11.0 Å². The van der Waals surface area contributed by atoms with E-state index in [1.165, 1.54) is 6.92 Å². The minimum absolute atomic E-state index is 0.0275. The molecule has 1 aromatic carbocycles. The predicted molar refractivity (Wildman–Crippen MR) is 80.9 cm³/mol. The van der Waals surface area contributed by atoms with Gasteiger partial charge in [0, 0.05) is 31.8 Å². The Bertz CT molecular complexity index is 614. The van der Waals surface area contributed by atoms with Crippen molar-refractivity contribution in [3.63, 3.8) is 0 Å². The molecular weight excluding hydrogens is 296 g/mol. The fraction of sp³-hybridized carbons (Fsp3) is 0.308. The molecule has 0 unspecified atom stereocenters. The highest BCUT2D eigenvalue weighted by Crippen LogP contribution is 2.27. The fourth-order valence-corrected chi connectivity index (χ4v) is 2.67. The fourth-order valence-electron chi connectivity index (χ4n) is 1.69. The number of hydrogen-bond acceptors (Lipinski definition) is 4. The molecule has 0 aliphatic carbocycles. The number of aromatic nitrogens is 3. The van der Waals surface area contributed by atoms with Crippen molar-refractivity contribution in [2.75, 3.05) is 12.3 Å². The van der Waals surface area contributed by atoms with Crippen LogP contribution in [0.4, 0.5) is 0 Å². The Kier molecular flexibility index (Phi) is 5.03. The van der Waals surface area contributed by atoms with Crippen LogP contribution in [-0.4, -0.2) is 33.0 Å². The maximum atomic E-state index is 10.8. The first kappa shape index (κ1) is 14.9. The van der Waals surface area contributed by atoms with Gasteiger partial charge in [-0.1, -0.05) is 35.5 Å². The van der Waals surface area contributed by atoms with E-state index in [4.69, 9.17) is 11.6 Å². The van der Waals surface area contributed by atoms with Gasteiger partial charge in [-0.25, -0.2) is 0 Å². The van der Waals surface area contributed by atoms with Gasteiger partial charge in [0.25, 0.3) is 0 Å². The summed E-state index contributed by atoms with van der Waals surface area (Å²) in [4.78, 5) is 10.8. The standard InChI is InChI=1S/C13H15ClN4OS/c1-9(19)15-7-8-20-13-17-16-12(18(13)2)10-5-3-4-6-11(10)14/h3-6H,7-8H2,1-2H3,(H,15,19). The summed E-state index contributed by atoms with van der Waals surface area (Å²) in [6, 6.07) is 7.54. The number of carbonyl (C=O) groups is 1. The van der Waals surface area contributed by atoms with Crippen LogP contribution in [0.5, 0.6) is 0 Å². The Morgan fingerprint density at radius 3 is 2.85 bits per heavy atom. The molecular formula is C13H15ClN4OS. The van der Waals surface area contributed by atoms with Crippen molar-refractivity contribution in [2.45, 2.75) is 12.1 Å². The number of nitrogens with one attached hydrogen (secondary N) is 1. The average molecular weight is 311 g/mol. The minimum atomic E-state index is -0.0275. The van der Waals surface area contributed by atoms with Crippen LogP contribution in [0.1, 0.15) is 6.92 Å². The number of rotatable bonds is 5. The maximum Gasteiger partial charge on any atom is 0.216 e. The van der Waals surface area contributed by atoms with Gasteiger partial charge in [0.05, 0.1) is 5.02 Å². The Balaban J connectivity index is 2.08. The quantitative estimate of drug-likeness (QED) is 0.680. The summed E-state index contributed by atoms with van der Waals surface area (Å²) >= 11 is 7.71. The topological polar surface area (TPSA) is 59.8 Å². The van der Waals surface area contributed by atoms with Gasteiger partial charge in [0.1, 0.15) is 0 Å². The van der Waals surface area contributed by atoms with E-state index < -0.39 is 0 Å². The van der Waals surface area contributed by atoms with Crippen LogP contribution < -0.4 is 5.32 Å². The molecule has 2 rings (SSSR count). The van der Waals surface area contributed by atoms with E-state index in [0.717, 1.165) is 22.3 Å². The second-order valence-corrected chi connectivity index (χ2v) is 5.65. The summed E-state index contributed by atoms with van der Waals surface area (Å²) in [5.41, 5.74) is 0.859. The van der Waals surface area contributed by atoms with E-state index in [-0.39, 0.29) is 5.91 Å². The van der Waals surface area contributed by atoms with Crippen molar-refractivity contribution in [3.8, 4) is 11.4 Å². The van der Waals surface area contributed by atoms with Crippen molar-refractivity contribution < 1.29 is 4.79 Å². The molecule has 20 heavy (non-hydrogen) atoms. The third kappa shape index (κ3) is 3.52. The lowest BCUT2D eigenvalue weighted by molar-refractivity contribution is -0.118. The van der Waals surface area contributed by atoms with E-state index >= 15 is 0 Å². The molecule has 0 fully saturated rings. The molecule has 7 heteroatoms. The first-order chi connectivity index (χ1) is 9.59. The molecule has 1 N–H and O–H groups in total. The Hall–Kier alpha value is -1.53. The van der Waals surface area contributed by atoms with E-state index in [1.807, 2.05) is 35.9 Å². The summed E-state index contributed by atoms with van der Waals surface area (Å²) in [5.74, 6) is 1.45. The van der Waals surface area contributed by atoms with Gasteiger partial charge in [-0.05, 0) is 12.1 Å². The van der Waals surface area contributed by atoms with Crippen LogP contribution in [0.15, 0.2) is 29.4 Å². The third-order valence-electron chi connectivity index (χ3n) is 2.66. The van der Waals surface area contributed by atoms with E-state index in [9.17, 15) is 4.79 Å². The zero-order chi connectivity index (χ0) is 14.5. The van der Waals surface area contributed by atoms with Gasteiger partial charge in [-0.15, -0.1) is 10.2 Å². The Labute approximate surface area is 126 Å². The highest BCUT2D eigenvalue weighted by Gasteiger charge is 2.13. The Morgan fingerprint density at radius 2 is 2.15 bits per heavy atom. The molecule has 1 heterocycles. The normalized spacial score (nSPS) is 10.6. The summed E-state index contributed by atoms with van der Waals surface area (Å²) in [6.07, 6.45) is 0. The molecule has 0 saturated carbocycles. The lowest BCUT2D eigenvalue weighted by Gasteiger charge is -2.05. The first-order valence-electron chi connectivity index (χ1n) is 6.11. The number of hydrogen-bond donors (Lipinski definition) is 1. The molecule has 0 saturated heterocycles. The number of nitrogens with zero attached hydrogens (tertiary/aromatic N) is 3. The van der Waals surface area contributed by atoms with Crippen LogP contribution in [0.25, 0.3) is 11.4 Å². The smallest absolute Gasteiger partial charge is 0.216 e. The molecule has 5 nitrogen and oxygen atoms in total. The molecule has 1 aromatic heterocycles. The van der Waals surface area contributed by atoms with E-state index in [0.29, 0.717) is 11.6 Å². The molecule has 106 valence electrons. The zero-order valence-electron chi connectivity index (χ0n) is 11.3. The van der Waals surface area contributed by atoms with Crippen LogP contribution in [-0.2, 0) is 11.8 Å². The van der Waals surface area contributed by atoms with Crippen molar-refractivity contribution >= 4 is 29.3 Å². The number of benzene rings is 1. The number of amides is 1. The average Bonchev–Trinajstić information content (AvgIpc) is 2.77. The predicted octanol–water partition coefficient (Wildman–Crippen LogP) is 2.36. The molecule has 0 aliphatic heterocycles. The summed E-state index contributed by atoms with van der Waals surface area (Å²) in [7, 11) is 1.90. The lowest BCUT2D eigenvalue weighted by Crippen LogP contribution is -2.22. The molecule has 2 aromatic rings. The highest BCUT2D eigenvalue weighted by molar-refractivity contribution is 7.99. The first-order valence-corrected chi connectivity index (χ1v) is 7.47. The van der Waals surface area contributed by atoms with Crippen LogP contribution in [0, 0.1) is 0 Å². The van der Waals surface area contributed by atoms with Crippen molar-refractivity contribution in [1.29, 1.82) is 0 Å². The molecule has 1 amide bonds. The van der Waals surface area contributed by atoms with Crippen molar-refractivity contribution in [1.82, 2.24) is 20.1 Å².